The average Bonchev–Trinajstić information content (AvgIpc) is 3.17. The normalized spacial score (nSPS) is 26.2. The SMILES string of the molecule is CC1(CO)CCCC1NCc1cnc(-c2ccsc2)s1. The number of thiophene rings is 1. The van der Waals surface area contributed by atoms with Gasteiger partial charge in [-0.05, 0) is 24.3 Å². The lowest BCUT2D eigenvalue weighted by Gasteiger charge is -2.30. The fourth-order valence-corrected chi connectivity index (χ4v) is 4.48. The second kappa shape index (κ2) is 5.93. The summed E-state index contributed by atoms with van der Waals surface area (Å²) in [4.78, 5) is 5.76. The Morgan fingerprint density at radius 1 is 1.55 bits per heavy atom. The molecule has 2 aromatic heterocycles. The fraction of sp³-hybridized carbons (Fsp3) is 0.533. The van der Waals surface area contributed by atoms with Gasteiger partial charge >= 0.3 is 0 Å². The van der Waals surface area contributed by atoms with Crippen molar-refractivity contribution < 1.29 is 5.11 Å². The van der Waals surface area contributed by atoms with Crippen LogP contribution in [0.15, 0.2) is 23.0 Å². The van der Waals surface area contributed by atoms with E-state index in [1.165, 1.54) is 16.9 Å². The van der Waals surface area contributed by atoms with Crippen molar-refractivity contribution >= 4 is 22.7 Å². The fourth-order valence-electron chi connectivity index (χ4n) is 2.90. The lowest BCUT2D eigenvalue weighted by molar-refractivity contribution is 0.118. The Morgan fingerprint density at radius 2 is 2.45 bits per heavy atom. The maximum absolute atomic E-state index is 9.57. The van der Waals surface area contributed by atoms with E-state index in [-0.39, 0.29) is 12.0 Å². The van der Waals surface area contributed by atoms with Gasteiger partial charge in [-0.2, -0.15) is 11.3 Å². The first-order valence-electron chi connectivity index (χ1n) is 7.03. The van der Waals surface area contributed by atoms with Crippen LogP contribution in [0.4, 0.5) is 0 Å². The highest BCUT2D eigenvalue weighted by atomic mass is 32.1. The van der Waals surface area contributed by atoms with Gasteiger partial charge in [0.1, 0.15) is 5.01 Å². The monoisotopic (exact) mass is 308 g/mol. The Balaban J connectivity index is 1.62. The van der Waals surface area contributed by atoms with Crippen molar-refractivity contribution in [3.63, 3.8) is 0 Å². The van der Waals surface area contributed by atoms with Crippen molar-refractivity contribution in [1.29, 1.82) is 0 Å². The van der Waals surface area contributed by atoms with E-state index in [2.05, 4.69) is 34.1 Å². The summed E-state index contributed by atoms with van der Waals surface area (Å²) in [5.74, 6) is 0. The summed E-state index contributed by atoms with van der Waals surface area (Å²) < 4.78 is 0. The van der Waals surface area contributed by atoms with Crippen molar-refractivity contribution in [2.45, 2.75) is 38.8 Å². The third-order valence-corrected chi connectivity index (χ3v) is 6.02. The van der Waals surface area contributed by atoms with Gasteiger partial charge in [0.2, 0.25) is 0 Å². The van der Waals surface area contributed by atoms with E-state index < -0.39 is 0 Å². The zero-order valence-electron chi connectivity index (χ0n) is 11.6. The van der Waals surface area contributed by atoms with Crippen LogP contribution in [0.3, 0.4) is 0 Å². The van der Waals surface area contributed by atoms with Crippen LogP contribution in [-0.4, -0.2) is 22.7 Å². The molecule has 2 heterocycles. The number of hydrogen-bond acceptors (Lipinski definition) is 5. The molecule has 3 nitrogen and oxygen atoms in total. The zero-order chi connectivity index (χ0) is 14.0. The largest absolute Gasteiger partial charge is 0.396 e. The number of thiazole rings is 1. The Bertz CT molecular complexity index is 552. The third kappa shape index (κ3) is 2.81. The minimum absolute atomic E-state index is 0.0425. The number of aliphatic hydroxyl groups excluding tert-OH is 1. The lowest BCUT2D eigenvalue weighted by Crippen LogP contribution is -2.41. The van der Waals surface area contributed by atoms with Gasteiger partial charge in [0, 0.05) is 46.6 Å². The van der Waals surface area contributed by atoms with Gasteiger partial charge < -0.3 is 10.4 Å². The molecule has 0 spiro atoms. The average molecular weight is 308 g/mol. The second-order valence-electron chi connectivity index (χ2n) is 5.78. The molecule has 2 N–H and O–H groups in total. The van der Waals surface area contributed by atoms with Gasteiger partial charge in [-0.1, -0.05) is 13.3 Å². The van der Waals surface area contributed by atoms with E-state index in [0.29, 0.717) is 6.04 Å². The molecule has 1 aliphatic rings. The van der Waals surface area contributed by atoms with Crippen LogP contribution in [0.25, 0.3) is 10.6 Å². The molecule has 2 atom stereocenters. The van der Waals surface area contributed by atoms with Crippen molar-refractivity contribution in [1.82, 2.24) is 10.3 Å². The highest BCUT2D eigenvalue weighted by molar-refractivity contribution is 7.15. The van der Waals surface area contributed by atoms with Crippen LogP contribution in [0.1, 0.15) is 31.1 Å². The number of nitrogens with zero attached hydrogens (tertiary/aromatic N) is 1. The van der Waals surface area contributed by atoms with Crippen LogP contribution in [0.2, 0.25) is 0 Å². The maximum atomic E-state index is 9.57. The van der Waals surface area contributed by atoms with Crippen molar-refractivity contribution in [3.05, 3.63) is 27.9 Å². The molecule has 0 aliphatic heterocycles. The molecule has 3 rings (SSSR count). The van der Waals surface area contributed by atoms with Gasteiger partial charge in [0.15, 0.2) is 0 Å². The van der Waals surface area contributed by atoms with Crippen LogP contribution < -0.4 is 5.32 Å². The van der Waals surface area contributed by atoms with Crippen LogP contribution in [0.5, 0.6) is 0 Å². The van der Waals surface area contributed by atoms with Crippen molar-refractivity contribution in [3.8, 4) is 10.6 Å². The number of hydrogen-bond donors (Lipinski definition) is 2. The summed E-state index contributed by atoms with van der Waals surface area (Å²) in [5, 5.41) is 18.5. The molecule has 20 heavy (non-hydrogen) atoms. The van der Waals surface area contributed by atoms with Gasteiger partial charge in [-0.15, -0.1) is 11.3 Å². The minimum Gasteiger partial charge on any atom is -0.396 e. The number of rotatable bonds is 5. The first kappa shape index (κ1) is 14.2. The molecule has 1 saturated carbocycles. The van der Waals surface area contributed by atoms with E-state index in [4.69, 9.17) is 0 Å². The molecule has 2 unspecified atom stereocenters. The summed E-state index contributed by atoms with van der Waals surface area (Å²) in [6.45, 7) is 3.30. The van der Waals surface area contributed by atoms with Crippen LogP contribution >= 0.6 is 22.7 Å². The summed E-state index contributed by atoms with van der Waals surface area (Å²) >= 11 is 3.46. The molecule has 0 saturated heterocycles. The first-order valence-corrected chi connectivity index (χ1v) is 8.79. The number of aromatic nitrogens is 1. The Hall–Kier alpha value is -0.750. The standard InChI is InChI=1S/C15H20N2OS2/c1-15(10-18)5-2-3-13(15)16-7-12-8-17-14(20-12)11-4-6-19-9-11/h4,6,8-9,13,16,18H,2-3,5,7,10H2,1H3. The summed E-state index contributed by atoms with van der Waals surface area (Å²) in [7, 11) is 0. The predicted molar refractivity (Wildman–Crippen MR) is 85.1 cm³/mol. The third-order valence-electron chi connectivity index (χ3n) is 4.29. The molecule has 2 aromatic rings. The van der Waals surface area contributed by atoms with Gasteiger partial charge in [0.05, 0.1) is 0 Å². The molecule has 1 aliphatic carbocycles. The molecular formula is C15H20N2OS2. The number of nitrogens with one attached hydrogen (secondary N) is 1. The van der Waals surface area contributed by atoms with Crippen LogP contribution in [0, 0.1) is 5.41 Å². The highest BCUT2D eigenvalue weighted by Crippen LogP contribution is 2.37. The van der Waals surface area contributed by atoms with Gasteiger partial charge in [-0.3, -0.25) is 0 Å². The summed E-state index contributed by atoms with van der Waals surface area (Å²) in [6, 6.07) is 2.53. The van der Waals surface area contributed by atoms with E-state index in [1.54, 1.807) is 22.7 Å². The van der Waals surface area contributed by atoms with Crippen molar-refractivity contribution in [2.24, 2.45) is 5.41 Å². The van der Waals surface area contributed by atoms with E-state index in [9.17, 15) is 5.11 Å². The molecule has 0 amide bonds. The predicted octanol–water partition coefficient (Wildman–Crippen LogP) is 3.51. The number of aliphatic hydroxyl groups is 1. The van der Waals surface area contributed by atoms with Crippen molar-refractivity contribution in [2.75, 3.05) is 6.61 Å². The second-order valence-corrected chi connectivity index (χ2v) is 7.68. The van der Waals surface area contributed by atoms with E-state index in [1.807, 2.05) is 6.20 Å². The topological polar surface area (TPSA) is 45.1 Å². The van der Waals surface area contributed by atoms with Gasteiger partial charge in [-0.25, -0.2) is 4.98 Å². The maximum Gasteiger partial charge on any atom is 0.124 e. The highest BCUT2D eigenvalue weighted by Gasteiger charge is 2.37. The summed E-state index contributed by atoms with van der Waals surface area (Å²) in [6.07, 6.45) is 5.45. The van der Waals surface area contributed by atoms with E-state index in [0.717, 1.165) is 24.4 Å². The smallest absolute Gasteiger partial charge is 0.124 e. The van der Waals surface area contributed by atoms with E-state index >= 15 is 0 Å². The molecule has 1 fully saturated rings. The molecule has 0 aromatic carbocycles. The summed E-state index contributed by atoms with van der Waals surface area (Å²) in [5.41, 5.74) is 1.26. The molecule has 5 heteroatoms. The van der Waals surface area contributed by atoms with Crippen LogP contribution in [-0.2, 0) is 6.54 Å². The Labute approximate surface area is 127 Å². The lowest BCUT2D eigenvalue weighted by atomic mass is 9.86. The molecule has 108 valence electrons. The van der Waals surface area contributed by atoms with Gasteiger partial charge in [0.25, 0.3) is 0 Å². The molecular weight excluding hydrogens is 288 g/mol. The Kier molecular flexibility index (Phi) is 4.21. The first-order chi connectivity index (χ1) is 9.71. The molecule has 0 radical (unpaired) electrons. The minimum atomic E-state index is 0.0425. The Morgan fingerprint density at radius 3 is 3.20 bits per heavy atom. The quantitative estimate of drug-likeness (QED) is 0.888. The molecule has 0 bridgehead atoms. The zero-order valence-corrected chi connectivity index (χ0v) is 13.3.